The van der Waals surface area contributed by atoms with Crippen molar-refractivity contribution in [2.24, 2.45) is 0 Å². The Hall–Kier alpha value is -3.10. The van der Waals surface area contributed by atoms with Gasteiger partial charge in [0, 0.05) is 35.3 Å². The van der Waals surface area contributed by atoms with Gasteiger partial charge in [0.1, 0.15) is 5.25 Å². The smallest absolute Gasteiger partial charge is 0.312 e. The summed E-state index contributed by atoms with van der Waals surface area (Å²) in [7, 11) is -4.16. The maximum absolute atomic E-state index is 14.1. The number of carbonyl (C=O) groups excluding carboxylic acids is 1. The number of fused-ring (bicyclic) bond motifs is 2. The minimum Gasteiger partial charge on any atom is -0.481 e. The van der Waals surface area contributed by atoms with Crippen molar-refractivity contribution < 1.29 is 23.1 Å². The summed E-state index contributed by atoms with van der Waals surface area (Å²) in [6, 6.07) is 11.6. The predicted octanol–water partition coefficient (Wildman–Crippen LogP) is 4.89. The summed E-state index contributed by atoms with van der Waals surface area (Å²) in [6.07, 6.45) is 2.19. The second-order valence-corrected chi connectivity index (χ2v) is 10.7. The fourth-order valence-corrected chi connectivity index (χ4v) is 6.74. The molecule has 1 aromatic heterocycles. The fourth-order valence-electron chi connectivity index (χ4n) is 4.69. The minimum atomic E-state index is -4.16. The lowest BCUT2D eigenvalue weighted by molar-refractivity contribution is -0.139. The van der Waals surface area contributed by atoms with Crippen molar-refractivity contribution in [2.45, 2.75) is 37.9 Å². The molecule has 2 unspecified atom stereocenters. The first-order chi connectivity index (χ1) is 16.1. The molecule has 9 heteroatoms. The number of rotatable bonds is 7. The summed E-state index contributed by atoms with van der Waals surface area (Å²) >= 11 is 6.13. The molecule has 0 fully saturated rings. The molecule has 1 N–H and O–H groups in total. The van der Waals surface area contributed by atoms with Gasteiger partial charge in [0.15, 0.2) is 0 Å². The van der Waals surface area contributed by atoms with E-state index in [1.54, 1.807) is 54.3 Å². The van der Waals surface area contributed by atoms with Crippen molar-refractivity contribution in [2.75, 3.05) is 11.4 Å². The molecule has 178 valence electrons. The highest BCUT2D eigenvalue weighted by Gasteiger charge is 2.34. The average molecular weight is 501 g/mol. The molecular formula is C25H25ClN2O5S. The van der Waals surface area contributed by atoms with E-state index in [0.717, 1.165) is 15.2 Å². The van der Waals surface area contributed by atoms with E-state index in [2.05, 4.69) is 6.58 Å². The zero-order valence-electron chi connectivity index (χ0n) is 18.9. The number of halogens is 1. The molecule has 2 heterocycles. The third kappa shape index (κ3) is 3.91. The van der Waals surface area contributed by atoms with Crippen molar-refractivity contribution in [3.05, 3.63) is 77.0 Å². The van der Waals surface area contributed by atoms with Crippen LogP contribution in [-0.4, -0.2) is 35.9 Å². The molecule has 0 aliphatic carbocycles. The van der Waals surface area contributed by atoms with Crippen LogP contribution in [0.25, 0.3) is 10.9 Å². The van der Waals surface area contributed by atoms with Gasteiger partial charge in [-0.15, -0.1) is 6.58 Å². The van der Waals surface area contributed by atoms with Crippen LogP contribution >= 0.6 is 11.6 Å². The molecule has 2 aromatic carbocycles. The Morgan fingerprint density at radius 1 is 1.21 bits per heavy atom. The normalized spacial score (nSPS) is 15.2. The Morgan fingerprint density at radius 2 is 1.94 bits per heavy atom. The summed E-state index contributed by atoms with van der Waals surface area (Å²) in [5, 5.41) is 9.64. The third-order valence-corrected chi connectivity index (χ3v) is 8.56. The lowest BCUT2D eigenvalue weighted by atomic mass is 10.0. The molecule has 1 aliphatic rings. The topological polar surface area (TPSA) is 96.7 Å². The van der Waals surface area contributed by atoms with Gasteiger partial charge in [-0.25, -0.2) is 12.4 Å². The molecule has 2 atom stereocenters. The van der Waals surface area contributed by atoms with Crippen LogP contribution in [0.3, 0.4) is 0 Å². The fraction of sp³-hybridized carbons (Fsp3) is 0.280. The summed E-state index contributed by atoms with van der Waals surface area (Å²) in [5.41, 5.74) is 2.69. The largest absolute Gasteiger partial charge is 0.481 e. The van der Waals surface area contributed by atoms with Gasteiger partial charge in [0.2, 0.25) is 15.9 Å². The number of amides is 1. The Kier molecular flexibility index (Phi) is 6.31. The maximum Gasteiger partial charge on any atom is 0.312 e. The van der Waals surface area contributed by atoms with Crippen molar-refractivity contribution in [1.82, 2.24) is 3.97 Å². The van der Waals surface area contributed by atoms with E-state index in [0.29, 0.717) is 34.5 Å². The number of nitrogens with zero attached hydrogens (tertiary/aromatic N) is 2. The standard InChI is InChI=1S/C25H25ClN2O5S/c1-4-20(25(30)31)23-14-18-13-19(26)7-9-22(18)28(23)34(32,33)24(5-2)17-6-8-21-16(12-17)10-11-27(21)15(3)29/h5-9,12-14,20,24H,2,4,10-11H2,1,3H3,(H,30,31). The highest BCUT2D eigenvalue weighted by atomic mass is 35.5. The van der Waals surface area contributed by atoms with E-state index in [1.165, 1.54) is 13.0 Å². The van der Waals surface area contributed by atoms with Crippen LogP contribution < -0.4 is 4.90 Å². The van der Waals surface area contributed by atoms with Gasteiger partial charge in [-0.3, -0.25) is 9.59 Å². The number of hydrogen-bond acceptors (Lipinski definition) is 4. The minimum absolute atomic E-state index is 0.0687. The van der Waals surface area contributed by atoms with Crippen molar-refractivity contribution >= 4 is 50.1 Å². The lowest BCUT2D eigenvalue weighted by Gasteiger charge is -2.21. The molecule has 0 radical (unpaired) electrons. The van der Waals surface area contributed by atoms with Gasteiger partial charge < -0.3 is 10.0 Å². The van der Waals surface area contributed by atoms with Crippen LogP contribution in [0.1, 0.15) is 48.3 Å². The predicted molar refractivity (Wildman–Crippen MR) is 133 cm³/mol. The number of aliphatic carboxylic acids is 1. The highest BCUT2D eigenvalue weighted by Crippen LogP contribution is 2.38. The molecule has 0 saturated heterocycles. The molecule has 4 rings (SSSR count). The zero-order chi connectivity index (χ0) is 24.8. The Labute approximate surface area is 203 Å². The first-order valence-electron chi connectivity index (χ1n) is 10.9. The van der Waals surface area contributed by atoms with Crippen molar-refractivity contribution in [1.29, 1.82) is 0 Å². The van der Waals surface area contributed by atoms with E-state index in [9.17, 15) is 23.1 Å². The highest BCUT2D eigenvalue weighted by molar-refractivity contribution is 7.90. The van der Waals surface area contributed by atoms with Crippen molar-refractivity contribution in [3.8, 4) is 0 Å². The monoisotopic (exact) mass is 500 g/mol. The number of carbonyl (C=O) groups is 2. The Morgan fingerprint density at radius 3 is 2.56 bits per heavy atom. The van der Waals surface area contributed by atoms with E-state index < -0.39 is 27.2 Å². The zero-order valence-corrected chi connectivity index (χ0v) is 20.4. The summed E-state index contributed by atoms with van der Waals surface area (Å²) in [6.45, 7) is 7.52. The lowest BCUT2D eigenvalue weighted by Crippen LogP contribution is -2.26. The third-order valence-electron chi connectivity index (χ3n) is 6.31. The molecule has 0 spiro atoms. The van der Waals surface area contributed by atoms with Gasteiger partial charge in [-0.2, -0.15) is 0 Å². The molecule has 1 amide bonds. The number of benzene rings is 2. The Bertz CT molecular complexity index is 1430. The number of anilines is 1. The average Bonchev–Trinajstić information content (AvgIpc) is 3.35. The van der Waals surface area contributed by atoms with Crippen LogP contribution in [0.2, 0.25) is 5.02 Å². The molecule has 34 heavy (non-hydrogen) atoms. The van der Waals surface area contributed by atoms with E-state index in [-0.39, 0.29) is 18.0 Å². The van der Waals surface area contributed by atoms with E-state index >= 15 is 0 Å². The molecule has 0 saturated carbocycles. The summed E-state index contributed by atoms with van der Waals surface area (Å²) in [4.78, 5) is 25.5. The number of hydrogen-bond donors (Lipinski definition) is 1. The van der Waals surface area contributed by atoms with Crippen LogP contribution in [0.4, 0.5) is 5.69 Å². The van der Waals surface area contributed by atoms with Crippen LogP contribution in [0.5, 0.6) is 0 Å². The number of carboxylic acids is 1. The second-order valence-electron chi connectivity index (χ2n) is 8.35. The van der Waals surface area contributed by atoms with Gasteiger partial charge in [-0.05, 0) is 54.3 Å². The SMILES string of the molecule is C=CC(c1ccc2c(c1)CCN2C(C)=O)S(=O)(=O)n1c(C(CC)C(=O)O)cc2cc(Cl)ccc21. The van der Waals surface area contributed by atoms with Crippen LogP contribution in [0, 0.1) is 0 Å². The van der Waals surface area contributed by atoms with Crippen LogP contribution in [-0.2, 0) is 26.0 Å². The molecule has 1 aliphatic heterocycles. The first-order valence-corrected chi connectivity index (χ1v) is 12.8. The van der Waals surface area contributed by atoms with Gasteiger partial charge in [0.05, 0.1) is 11.4 Å². The number of carboxylic acid groups (broad SMARTS) is 1. The second kappa shape index (κ2) is 8.92. The quantitative estimate of drug-likeness (QED) is 0.466. The van der Waals surface area contributed by atoms with Crippen molar-refractivity contribution in [3.63, 3.8) is 0 Å². The van der Waals surface area contributed by atoms with E-state index in [1.807, 2.05) is 0 Å². The van der Waals surface area contributed by atoms with Gasteiger partial charge >= 0.3 is 5.97 Å². The molecule has 3 aromatic rings. The van der Waals surface area contributed by atoms with Gasteiger partial charge in [-0.1, -0.05) is 36.7 Å². The summed E-state index contributed by atoms with van der Waals surface area (Å²) in [5.74, 6) is -2.19. The molecular weight excluding hydrogens is 476 g/mol. The summed E-state index contributed by atoms with van der Waals surface area (Å²) < 4.78 is 29.3. The maximum atomic E-state index is 14.1. The van der Waals surface area contributed by atoms with Crippen LogP contribution in [0.15, 0.2) is 55.1 Å². The van der Waals surface area contributed by atoms with E-state index in [4.69, 9.17) is 11.6 Å². The first kappa shape index (κ1) is 24.0. The Balaban J connectivity index is 1.90. The molecule has 7 nitrogen and oxygen atoms in total. The molecule has 0 bridgehead atoms. The van der Waals surface area contributed by atoms with Gasteiger partial charge in [0.25, 0.3) is 0 Å². The number of aromatic nitrogens is 1.